The van der Waals surface area contributed by atoms with Crippen molar-refractivity contribution in [3.8, 4) is 11.8 Å². The normalized spacial score (nSPS) is 20.2. The fourth-order valence-corrected chi connectivity index (χ4v) is 2.38. The molecule has 1 aliphatic rings. The van der Waals surface area contributed by atoms with Gasteiger partial charge in [-0.15, -0.1) is 0 Å². The first-order chi connectivity index (χ1) is 8.22. The average Bonchev–Trinajstić information content (AvgIpc) is 2.74. The van der Waals surface area contributed by atoms with Crippen LogP contribution in [0.1, 0.15) is 24.5 Å². The lowest BCUT2D eigenvalue weighted by Gasteiger charge is -2.17. The molecule has 2 rings (SSSR count). The minimum absolute atomic E-state index is 0.702. The van der Waals surface area contributed by atoms with E-state index in [9.17, 15) is 0 Å². The Kier molecular flexibility index (Phi) is 3.65. The Morgan fingerprint density at radius 2 is 2.35 bits per heavy atom. The second-order valence-electron chi connectivity index (χ2n) is 4.77. The van der Waals surface area contributed by atoms with Crippen molar-refractivity contribution in [3.63, 3.8) is 0 Å². The lowest BCUT2D eigenvalue weighted by atomic mass is 10.1. The summed E-state index contributed by atoms with van der Waals surface area (Å²) in [6.07, 6.45) is 1.26. The van der Waals surface area contributed by atoms with Gasteiger partial charge in [-0.1, -0.05) is 6.92 Å². The zero-order valence-corrected chi connectivity index (χ0v) is 10.4. The van der Waals surface area contributed by atoms with Gasteiger partial charge in [0.15, 0.2) is 0 Å². The van der Waals surface area contributed by atoms with Crippen LogP contribution in [0.25, 0.3) is 0 Å². The van der Waals surface area contributed by atoms with Crippen LogP contribution in [0.2, 0.25) is 0 Å². The van der Waals surface area contributed by atoms with E-state index in [-0.39, 0.29) is 0 Å². The van der Waals surface area contributed by atoms with Crippen molar-refractivity contribution in [2.24, 2.45) is 5.92 Å². The van der Waals surface area contributed by atoms with E-state index in [2.05, 4.69) is 17.9 Å². The van der Waals surface area contributed by atoms with Gasteiger partial charge in [0.05, 0.1) is 18.7 Å². The minimum Gasteiger partial charge on any atom is -0.496 e. The second kappa shape index (κ2) is 5.20. The molecular formula is C14H18N2O. The summed E-state index contributed by atoms with van der Waals surface area (Å²) in [6.45, 7) is 5.44. The van der Waals surface area contributed by atoms with Crippen LogP contribution in [-0.4, -0.2) is 25.1 Å². The van der Waals surface area contributed by atoms with Gasteiger partial charge in [-0.2, -0.15) is 5.26 Å². The van der Waals surface area contributed by atoms with E-state index in [4.69, 9.17) is 10.00 Å². The van der Waals surface area contributed by atoms with Gasteiger partial charge in [0.25, 0.3) is 0 Å². The molecule has 1 unspecified atom stereocenters. The molecule has 1 aliphatic heterocycles. The van der Waals surface area contributed by atoms with Crippen LogP contribution in [0.4, 0.5) is 0 Å². The summed E-state index contributed by atoms with van der Waals surface area (Å²) in [5.74, 6) is 1.66. The molecule has 17 heavy (non-hydrogen) atoms. The first kappa shape index (κ1) is 11.9. The van der Waals surface area contributed by atoms with Gasteiger partial charge >= 0.3 is 0 Å². The highest BCUT2D eigenvalue weighted by molar-refractivity contribution is 5.42. The summed E-state index contributed by atoms with van der Waals surface area (Å²) in [5.41, 5.74) is 1.81. The summed E-state index contributed by atoms with van der Waals surface area (Å²) in [7, 11) is 1.68. The van der Waals surface area contributed by atoms with E-state index in [1.807, 2.05) is 12.1 Å². The third-order valence-corrected chi connectivity index (χ3v) is 3.31. The van der Waals surface area contributed by atoms with Crippen molar-refractivity contribution in [1.82, 2.24) is 4.90 Å². The quantitative estimate of drug-likeness (QED) is 0.800. The molecule has 0 bridgehead atoms. The van der Waals surface area contributed by atoms with Gasteiger partial charge in [-0.05, 0) is 37.1 Å². The Morgan fingerprint density at radius 3 is 2.94 bits per heavy atom. The Hall–Kier alpha value is -1.53. The smallest absolute Gasteiger partial charge is 0.123 e. The van der Waals surface area contributed by atoms with Crippen molar-refractivity contribution in [2.45, 2.75) is 19.9 Å². The van der Waals surface area contributed by atoms with Gasteiger partial charge in [-0.25, -0.2) is 0 Å². The number of benzene rings is 1. The first-order valence-corrected chi connectivity index (χ1v) is 6.02. The monoisotopic (exact) mass is 230 g/mol. The van der Waals surface area contributed by atoms with Gasteiger partial charge in [0.2, 0.25) is 0 Å². The summed E-state index contributed by atoms with van der Waals surface area (Å²) >= 11 is 0. The molecular weight excluding hydrogens is 212 g/mol. The van der Waals surface area contributed by atoms with Crippen molar-refractivity contribution in [2.75, 3.05) is 20.2 Å². The molecule has 3 nitrogen and oxygen atoms in total. The number of hydrogen-bond acceptors (Lipinski definition) is 3. The standard InChI is InChI=1S/C14H18N2O/c1-11-5-6-16(9-11)10-13-7-12(8-15)3-4-14(13)17-2/h3-4,7,11H,5-6,9-10H2,1-2H3. The maximum Gasteiger partial charge on any atom is 0.123 e. The number of likely N-dealkylation sites (tertiary alicyclic amines) is 1. The molecule has 1 fully saturated rings. The van der Waals surface area contributed by atoms with Crippen LogP contribution in [-0.2, 0) is 6.54 Å². The molecule has 90 valence electrons. The van der Waals surface area contributed by atoms with E-state index in [0.29, 0.717) is 5.56 Å². The van der Waals surface area contributed by atoms with E-state index in [1.165, 1.54) is 6.42 Å². The summed E-state index contributed by atoms with van der Waals surface area (Å²) in [6, 6.07) is 7.79. The summed E-state index contributed by atoms with van der Waals surface area (Å²) in [4.78, 5) is 2.42. The number of nitrogens with zero attached hydrogens (tertiary/aromatic N) is 2. The van der Waals surface area contributed by atoms with Crippen molar-refractivity contribution >= 4 is 0 Å². The molecule has 0 radical (unpaired) electrons. The third-order valence-electron chi connectivity index (χ3n) is 3.31. The average molecular weight is 230 g/mol. The van der Waals surface area contributed by atoms with Crippen LogP contribution in [0.3, 0.4) is 0 Å². The zero-order valence-electron chi connectivity index (χ0n) is 10.4. The highest BCUT2D eigenvalue weighted by Gasteiger charge is 2.19. The molecule has 0 aliphatic carbocycles. The predicted molar refractivity (Wildman–Crippen MR) is 66.8 cm³/mol. The summed E-state index contributed by atoms with van der Waals surface area (Å²) in [5, 5.41) is 8.92. The van der Waals surface area contributed by atoms with Gasteiger partial charge in [-0.3, -0.25) is 4.90 Å². The maximum atomic E-state index is 8.92. The third kappa shape index (κ3) is 2.78. The zero-order chi connectivity index (χ0) is 12.3. The molecule has 1 aromatic rings. The number of hydrogen-bond donors (Lipinski definition) is 0. The van der Waals surface area contributed by atoms with Crippen LogP contribution < -0.4 is 4.74 Å². The first-order valence-electron chi connectivity index (χ1n) is 6.02. The number of methoxy groups -OCH3 is 1. The summed E-state index contributed by atoms with van der Waals surface area (Å²) < 4.78 is 5.35. The molecule has 1 heterocycles. The van der Waals surface area contributed by atoms with Crippen molar-refractivity contribution in [3.05, 3.63) is 29.3 Å². The number of rotatable bonds is 3. The van der Waals surface area contributed by atoms with Crippen molar-refractivity contribution < 1.29 is 4.74 Å². The van der Waals surface area contributed by atoms with Gasteiger partial charge in [0.1, 0.15) is 5.75 Å². The van der Waals surface area contributed by atoms with Crippen LogP contribution in [0, 0.1) is 17.2 Å². The highest BCUT2D eigenvalue weighted by Crippen LogP contribution is 2.24. The molecule has 0 aromatic heterocycles. The molecule has 0 spiro atoms. The molecule has 1 aromatic carbocycles. The molecule has 0 saturated carbocycles. The fourth-order valence-electron chi connectivity index (χ4n) is 2.38. The van der Waals surface area contributed by atoms with E-state index in [1.54, 1.807) is 13.2 Å². The number of ether oxygens (including phenoxy) is 1. The van der Waals surface area contributed by atoms with Crippen molar-refractivity contribution in [1.29, 1.82) is 5.26 Å². The predicted octanol–water partition coefficient (Wildman–Crippen LogP) is 2.41. The molecule has 1 saturated heterocycles. The SMILES string of the molecule is COc1ccc(C#N)cc1CN1CCC(C)C1. The van der Waals surface area contributed by atoms with Gasteiger partial charge in [0, 0.05) is 18.7 Å². The van der Waals surface area contributed by atoms with Gasteiger partial charge < -0.3 is 4.74 Å². The fraction of sp³-hybridized carbons (Fsp3) is 0.500. The minimum atomic E-state index is 0.702. The molecule has 0 N–H and O–H groups in total. The Balaban J connectivity index is 2.16. The van der Waals surface area contributed by atoms with E-state index >= 15 is 0 Å². The van der Waals surface area contributed by atoms with E-state index in [0.717, 1.165) is 36.9 Å². The highest BCUT2D eigenvalue weighted by atomic mass is 16.5. The molecule has 0 amide bonds. The topological polar surface area (TPSA) is 36.3 Å². The Bertz CT molecular complexity index is 436. The number of nitriles is 1. The molecule has 1 atom stereocenters. The van der Waals surface area contributed by atoms with Crippen LogP contribution >= 0.6 is 0 Å². The maximum absolute atomic E-state index is 8.92. The lowest BCUT2D eigenvalue weighted by molar-refractivity contribution is 0.311. The lowest BCUT2D eigenvalue weighted by Crippen LogP contribution is -2.20. The Labute approximate surface area is 103 Å². The molecule has 3 heteroatoms. The van der Waals surface area contributed by atoms with E-state index < -0.39 is 0 Å². The van der Waals surface area contributed by atoms with Crippen LogP contribution in [0.15, 0.2) is 18.2 Å². The van der Waals surface area contributed by atoms with Crippen LogP contribution in [0.5, 0.6) is 5.75 Å². The second-order valence-corrected chi connectivity index (χ2v) is 4.77. The largest absolute Gasteiger partial charge is 0.496 e. The Morgan fingerprint density at radius 1 is 1.53 bits per heavy atom.